The number of carbonyl (C=O) groups is 2. The van der Waals surface area contributed by atoms with Gasteiger partial charge in [0, 0.05) is 31.8 Å². The number of nitrogens with one attached hydrogen (secondary N) is 2. The Morgan fingerprint density at radius 1 is 0.920 bits per heavy atom. The molecular formula is C16H28N4O4S. The molecule has 0 aromatic heterocycles. The number of unbranched alkanes of at least 4 members (excludes halogenated alkanes) is 2. The summed E-state index contributed by atoms with van der Waals surface area (Å²) >= 11 is 0. The lowest BCUT2D eigenvalue weighted by molar-refractivity contribution is -0.122. The zero-order valence-corrected chi connectivity index (χ0v) is 16.0. The van der Waals surface area contributed by atoms with Gasteiger partial charge in [0.1, 0.15) is 11.6 Å². The standard InChI is InChI=1S/C16H28N4O4S/c1-12(2)14(22)9-5-7-11-18-16-15(19-25(23,24)20-16)17-10-6-4-8-13(3)21/h12H,4-11H2,1-3H3,(H,17,19)(H,18,20). The molecule has 0 aromatic rings. The second-order valence-electron chi connectivity index (χ2n) is 6.41. The van der Waals surface area contributed by atoms with E-state index in [2.05, 4.69) is 19.4 Å². The highest BCUT2D eigenvalue weighted by molar-refractivity contribution is 7.89. The highest BCUT2D eigenvalue weighted by Gasteiger charge is 2.27. The number of nitrogens with zero attached hydrogens (tertiary/aromatic N) is 2. The highest BCUT2D eigenvalue weighted by Crippen LogP contribution is 2.05. The molecule has 0 atom stereocenters. The van der Waals surface area contributed by atoms with Gasteiger partial charge in [0.25, 0.3) is 0 Å². The van der Waals surface area contributed by atoms with Crippen LogP contribution >= 0.6 is 0 Å². The van der Waals surface area contributed by atoms with Gasteiger partial charge in [-0.25, -0.2) is 9.44 Å². The third kappa shape index (κ3) is 8.76. The van der Waals surface area contributed by atoms with Crippen molar-refractivity contribution >= 4 is 33.4 Å². The largest absolute Gasteiger partial charge is 0.324 e. The van der Waals surface area contributed by atoms with Gasteiger partial charge in [-0.2, -0.15) is 8.42 Å². The summed E-state index contributed by atoms with van der Waals surface area (Å²) in [5.74, 6) is 0.819. The molecule has 0 bridgehead atoms. The Balaban J connectivity index is 2.47. The van der Waals surface area contributed by atoms with Gasteiger partial charge in [0.2, 0.25) is 0 Å². The van der Waals surface area contributed by atoms with E-state index in [1.54, 1.807) is 6.92 Å². The lowest BCUT2D eigenvalue weighted by Crippen LogP contribution is -2.24. The molecule has 2 N–H and O–H groups in total. The second-order valence-corrected chi connectivity index (χ2v) is 7.82. The summed E-state index contributed by atoms with van der Waals surface area (Å²) in [7, 11) is -3.64. The molecule has 0 aliphatic carbocycles. The minimum atomic E-state index is -3.64. The smallest absolute Gasteiger partial charge is 0.300 e. The average molecular weight is 372 g/mol. The fourth-order valence-corrected chi connectivity index (χ4v) is 3.04. The number of amidine groups is 2. The summed E-state index contributed by atoms with van der Waals surface area (Å²) in [5.41, 5.74) is 0. The van der Waals surface area contributed by atoms with Crippen molar-refractivity contribution in [1.82, 2.24) is 9.44 Å². The van der Waals surface area contributed by atoms with Crippen LogP contribution in [0, 0.1) is 5.92 Å². The summed E-state index contributed by atoms with van der Waals surface area (Å²) in [4.78, 5) is 30.9. The lowest BCUT2D eigenvalue weighted by Gasteiger charge is -2.03. The van der Waals surface area contributed by atoms with E-state index >= 15 is 0 Å². The lowest BCUT2D eigenvalue weighted by atomic mass is 10.0. The first-order valence-electron chi connectivity index (χ1n) is 8.63. The van der Waals surface area contributed by atoms with Crippen LogP contribution in [0.1, 0.15) is 59.3 Å². The van der Waals surface area contributed by atoms with E-state index in [1.807, 2.05) is 13.8 Å². The van der Waals surface area contributed by atoms with Gasteiger partial charge >= 0.3 is 10.2 Å². The summed E-state index contributed by atoms with van der Waals surface area (Å²) in [5, 5.41) is 0. The van der Waals surface area contributed by atoms with E-state index in [1.165, 1.54) is 0 Å². The zero-order valence-electron chi connectivity index (χ0n) is 15.2. The molecule has 1 heterocycles. The first kappa shape index (κ1) is 21.3. The van der Waals surface area contributed by atoms with Crippen molar-refractivity contribution < 1.29 is 18.0 Å². The van der Waals surface area contributed by atoms with Crippen molar-refractivity contribution in [3.8, 4) is 0 Å². The molecule has 0 radical (unpaired) electrons. The van der Waals surface area contributed by atoms with Crippen molar-refractivity contribution in [1.29, 1.82) is 0 Å². The molecule has 1 rings (SSSR count). The Labute approximate surface area is 149 Å². The molecule has 1 saturated heterocycles. The molecule has 9 heteroatoms. The number of hydrogen-bond acceptors (Lipinski definition) is 6. The Morgan fingerprint density at radius 3 is 1.84 bits per heavy atom. The number of rotatable bonds is 11. The van der Waals surface area contributed by atoms with Crippen molar-refractivity contribution in [3.05, 3.63) is 0 Å². The number of ketones is 2. The number of hydrogen-bond donors (Lipinski definition) is 2. The SMILES string of the molecule is CC(=O)CCCCN=C1NS(=O)(=O)NC1=NCCCCC(=O)C(C)C. The molecule has 1 aliphatic heterocycles. The first-order chi connectivity index (χ1) is 11.7. The minimum absolute atomic E-state index is 0.0406. The predicted octanol–water partition coefficient (Wildman–Crippen LogP) is 1.38. The van der Waals surface area contributed by atoms with Gasteiger partial charge in [0.05, 0.1) is 0 Å². The van der Waals surface area contributed by atoms with Crippen molar-refractivity contribution in [3.63, 3.8) is 0 Å². The normalized spacial score (nSPS) is 19.2. The maximum atomic E-state index is 11.6. The molecular weight excluding hydrogens is 344 g/mol. The maximum absolute atomic E-state index is 11.6. The molecule has 0 unspecified atom stereocenters. The molecule has 0 amide bonds. The Hall–Kier alpha value is -1.77. The van der Waals surface area contributed by atoms with Crippen LogP contribution in [0.2, 0.25) is 0 Å². The third-order valence-corrected chi connectivity index (χ3v) is 4.56. The summed E-state index contributed by atoms with van der Waals surface area (Å²) in [6.45, 7) is 6.14. The second kappa shape index (κ2) is 10.3. The van der Waals surface area contributed by atoms with Crippen LogP contribution in [-0.2, 0) is 19.8 Å². The van der Waals surface area contributed by atoms with Gasteiger partial charge in [-0.1, -0.05) is 13.8 Å². The van der Waals surface area contributed by atoms with Crippen LogP contribution in [0.15, 0.2) is 9.98 Å². The minimum Gasteiger partial charge on any atom is -0.300 e. The fourth-order valence-electron chi connectivity index (χ4n) is 2.16. The van der Waals surface area contributed by atoms with Crippen LogP contribution in [-0.4, -0.2) is 44.7 Å². The van der Waals surface area contributed by atoms with Crippen LogP contribution < -0.4 is 9.44 Å². The van der Waals surface area contributed by atoms with E-state index in [0.29, 0.717) is 38.8 Å². The van der Waals surface area contributed by atoms with Crippen LogP contribution in [0.4, 0.5) is 0 Å². The van der Waals surface area contributed by atoms with Crippen LogP contribution in [0.3, 0.4) is 0 Å². The molecule has 1 fully saturated rings. The molecule has 1 aliphatic rings. The number of carbonyl (C=O) groups excluding carboxylic acids is 2. The summed E-state index contributed by atoms with van der Waals surface area (Å²) in [6, 6.07) is 0. The van der Waals surface area contributed by atoms with Crippen molar-refractivity contribution in [2.75, 3.05) is 13.1 Å². The van der Waals surface area contributed by atoms with Gasteiger partial charge in [-0.05, 0) is 32.6 Å². The average Bonchev–Trinajstić information content (AvgIpc) is 2.80. The van der Waals surface area contributed by atoms with Crippen LogP contribution in [0.5, 0.6) is 0 Å². The number of Topliss-reactive ketones (excluding diaryl/α,β-unsaturated/α-hetero) is 2. The van der Waals surface area contributed by atoms with Gasteiger partial charge in [-0.3, -0.25) is 14.8 Å². The monoisotopic (exact) mass is 372 g/mol. The van der Waals surface area contributed by atoms with Crippen molar-refractivity contribution in [2.45, 2.75) is 59.3 Å². The van der Waals surface area contributed by atoms with E-state index < -0.39 is 10.2 Å². The van der Waals surface area contributed by atoms with Gasteiger partial charge < -0.3 is 4.79 Å². The Bertz CT molecular complexity index is 639. The van der Waals surface area contributed by atoms with Gasteiger partial charge in [0.15, 0.2) is 11.7 Å². The molecule has 0 aromatic carbocycles. The zero-order chi connectivity index (χ0) is 18.9. The summed E-state index contributed by atoms with van der Waals surface area (Å²) in [6.07, 6.45) is 3.88. The predicted molar refractivity (Wildman–Crippen MR) is 98.0 cm³/mol. The molecule has 0 spiro atoms. The van der Waals surface area contributed by atoms with E-state index in [4.69, 9.17) is 0 Å². The quantitative estimate of drug-likeness (QED) is 0.533. The molecule has 8 nitrogen and oxygen atoms in total. The third-order valence-electron chi connectivity index (χ3n) is 3.64. The topological polar surface area (TPSA) is 117 Å². The maximum Gasteiger partial charge on any atom is 0.324 e. The van der Waals surface area contributed by atoms with Gasteiger partial charge in [-0.15, -0.1) is 0 Å². The fraction of sp³-hybridized carbons (Fsp3) is 0.750. The van der Waals surface area contributed by atoms with E-state index in [0.717, 1.165) is 12.8 Å². The van der Waals surface area contributed by atoms with E-state index in [9.17, 15) is 18.0 Å². The Kier molecular flexibility index (Phi) is 8.74. The highest BCUT2D eigenvalue weighted by atomic mass is 32.2. The number of aliphatic imine (C=N–C) groups is 2. The summed E-state index contributed by atoms with van der Waals surface area (Å²) < 4.78 is 27.8. The van der Waals surface area contributed by atoms with E-state index in [-0.39, 0.29) is 29.2 Å². The first-order valence-corrected chi connectivity index (χ1v) is 10.1. The van der Waals surface area contributed by atoms with Crippen LogP contribution in [0.25, 0.3) is 0 Å². The Morgan fingerprint density at radius 2 is 1.40 bits per heavy atom. The molecule has 0 saturated carbocycles. The van der Waals surface area contributed by atoms with Crippen molar-refractivity contribution in [2.24, 2.45) is 15.9 Å². The molecule has 142 valence electrons. The molecule has 25 heavy (non-hydrogen) atoms.